The van der Waals surface area contributed by atoms with Crippen molar-refractivity contribution in [3.8, 4) is 5.75 Å². The normalized spacial score (nSPS) is 10.3. The molecule has 0 radical (unpaired) electrons. The summed E-state index contributed by atoms with van der Waals surface area (Å²) in [6, 6.07) is 20.1. The lowest BCUT2D eigenvalue weighted by Gasteiger charge is -2.22. The molecule has 1 N–H and O–H groups in total. The number of hydrogen-bond acceptors (Lipinski definition) is 5. The van der Waals surface area contributed by atoms with Crippen LogP contribution in [0.1, 0.15) is 12.5 Å². The second-order valence-corrected chi connectivity index (χ2v) is 5.52. The average molecular weight is 334 g/mol. The van der Waals surface area contributed by atoms with Crippen LogP contribution >= 0.6 is 0 Å². The quantitative estimate of drug-likeness (QED) is 0.700. The molecule has 0 atom stereocenters. The van der Waals surface area contributed by atoms with Crippen LogP contribution in [0.5, 0.6) is 5.75 Å². The first-order valence-electron chi connectivity index (χ1n) is 8.32. The van der Waals surface area contributed by atoms with Crippen molar-refractivity contribution < 1.29 is 4.74 Å². The van der Waals surface area contributed by atoms with Crippen LogP contribution in [0.25, 0.3) is 0 Å². The first-order valence-corrected chi connectivity index (χ1v) is 8.32. The molecule has 0 saturated carbocycles. The van der Waals surface area contributed by atoms with Gasteiger partial charge in [0.25, 0.3) is 0 Å². The Labute approximate surface area is 148 Å². The van der Waals surface area contributed by atoms with Gasteiger partial charge in [-0.15, -0.1) is 0 Å². The van der Waals surface area contributed by atoms with Crippen molar-refractivity contribution in [2.24, 2.45) is 0 Å². The van der Waals surface area contributed by atoms with Crippen molar-refractivity contribution in [2.45, 2.75) is 13.5 Å². The first-order chi connectivity index (χ1) is 12.3. The topological polar surface area (TPSA) is 50.3 Å². The van der Waals surface area contributed by atoms with Crippen molar-refractivity contribution in [1.29, 1.82) is 0 Å². The van der Waals surface area contributed by atoms with Gasteiger partial charge in [-0.2, -0.15) is 4.98 Å². The van der Waals surface area contributed by atoms with E-state index in [9.17, 15) is 0 Å². The number of ether oxygens (including phenoxy) is 1. The third-order valence-electron chi connectivity index (χ3n) is 3.91. The number of methoxy groups -OCH3 is 1. The van der Waals surface area contributed by atoms with Gasteiger partial charge in [-0.3, -0.25) is 0 Å². The predicted octanol–water partition coefficient (Wildman–Crippen LogP) is 4.26. The van der Waals surface area contributed by atoms with Gasteiger partial charge in [-0.25, -0.2) is 4.98 Å². The number of benzene rings is 2. The maximum atomic E-state index is 5.18. The molecule has 0 aliphatic carbocycles. The molecule has 3 rings (SSSR count). The summed E-state index contributed by atoms with van der Waals surface area (Å²) >= 11 is 0. The molecule has 25 heavy (non-hydrogen) atoms. The molecular formula is C20H22N4O. The Kier molecular flexibility index (Phi) is 5.46. The first kappa shape index (κ1) is 16.8. The highest BCUT2D eigenvalue weighted by Gasteiger charge is 2.09. The second-order valence-electron chi connectivity index (χ2n) is 5.52. The van der Waals surface area contributed by atoms with Crippen LogP contribution in [-0.4, -0.2) is 23.6 Å². The van der Waals surface area contributed by atoms with E-state index >= 15 is 0 Å². The summed E-state index contributed by atoms with van der Waals surface area (Å²) in [4.78, 5) is 11.1. The van der Waals surface area contributed by atoms with E-state index in [4.69, 9.17) is 4.74 Å². The van der Waals surface area contributed by atoms with E-state index in [1.165, 1.54) is 0 Å². The molecule has 0 aliphatic heterocycles. The minimum atomic E-state index is 0.614. The van der Waals surface area contributed by atoms with Crippen molar-refractivity contribution in [1.82, 2.24) is 9.97 Å². The Morgan fingerprint density at radius 3 is 2.44 bits per heavy atom. The number of nitrogens with one attached hydrogen (secondary N) is 1. The Morgan fingerprint density at radius 2 is 1.76 bits per heavy atom. The zero-order valence-electron chi connectivity index (χ0n) is 14.5. The lowest BCUT2D eigenvalue weighted by atomic mass is 10.2. The molecule has 0 unspecified atom stereocenters. The molecule has 0 aliphatic rings. The fourth-order valence-electron chi connectivity index (χ4n) is 2.59. The predicted molar refractivity (Wildman–Crippen MR) is 101 cm³/mol. The molecule has 0 fully saturated rings. The van der Waals surface area contributed by atoms with Crippen LogP contribution in [0.3, 0.4) is 0 Å². The van der Waals surface area contributed by atoms with E-state index in [2.05, 4.69) is 39.2 Å². The molecular weight excluding hydrogens is 312 g/mol. The summed E-state index contributed by atoms with van der Waals surface area (Å²) in [5, 5.41) is 3.28. The van der Waals surface area contributed by atoms with Crippen LogP contribution in [0.2, 0.25) is 0 Å². The minimum absolute atomic E-state index is 0.614. The summed E-state index contributed by atoms with van der Waals surface area (Å²) in [6.45, 7) is 3.60. The van der Waals surface area contributed by atoms with Gasteiger partial charge in [-0.05, 0) is 42.8 Å². The van der Waals surface area contributed by atoms with Crippen LogP contribution in [0.4, 0.5) is 17.5 Å². The Bertz CT molecular complexity index is 790. The van der Waals surface area contributed by atoms with Crippen LogP contribution in [0.15, 0.2) is 66.9 Å². The van der Waals surface area contributed by atoms with E-state index in [-0.39, 0.29) is 0 Å². The highest BCUT2D eigenvalue weighted by atomic mass is 16.5. The number of anilines is 3. The van der Waals surface area contributed by atoms with E-state index < -0.39 is 0 Å². The minimum Gasteiger partial charge on any atom is -0.497 e. The molecule has 1 heterocycles. The van der Waals surface area contributed by atoms with E-state index in [1.54, 1.807) is 13.3 Å². The van der Waals surface area contributed by atoms with Crippen LogP contribution in [-0.2, 0) is 6.54 Å². The smallest absolute Gasteiger partial charge is 0.224 e. The Balaban J connectivity index is 1.72. The molecule has 1 aromatic heterocycles. The number of nitrogens with zero attached hydrogens (tertiary/aromatic N) is 3. The van der Waals surface area contributed by atoms with Crippen molar-refractivity contribution >= 4 is 17.5 Å². The van der Waals surface area contributed by atoms with Crippen LogP contribution in [0, 0.1) is 0 Å². The molecule has 5 heteroatoms. The molecule has 0 amide bonds. The van der Waals surface area contributed by atoms with Gasteiger partial charge in [-0.1, -0.05) is 30.3 Å². The Morgan fingerprint density at radius 1 is 1.00 bits per heavy atom. The molecule has 0 spiro atoms. The van der Waals surface area contributed by atoms with Crippen molar-refractivity contribution in [2.75, 3.05) is 23.9 Å². The molecule has 0 bridgehead atoms. The molecule has 0 saturated heterocycles. The number of hydrogen-bond donors (Lipinski definition) is 1. The average Bonchev–Trinajstić information content (AvgIpc) is 2.68. The van der Waals surface area contributed by atoms with Gasteiger partial charge in [0.1, 0.15) is 11.6 Å². The number of rotatable bonds is 7. The number of aromatic nitrogens is 2. The second kappa shape index (κ2) is 8.15. The standard InChI is InChI=1S/C20H22N4O/c1-3-24(17-7-5-4-6-8-17)19-13-14-21-20(23-19)22-15-16-9-11-18(25-2)12-10-16/h4-14H,3,15H2,1-2H3,(H,21,22,23). The molecule has 2 aromatic carbocycles. The monoisotopic (exact) mass is 334 g/mol. The van der Waals surface area contributed by atoms with Gasteiger partial charge < -0.3 is 15.0 Å². The van der Waals surface area contributed by atoms with Crippen molar-refractivity contribution in [3.63, 3.8) is 0 Å². The maximum absolute atomic E-state index is 5.18. The van der Waals surface area contributed by atoms with Crippen molar-refractivity contribution in [3.05, 3.63) is 72.4 Å². The third kappa shape index (κ3) is 4.26. The molecule has 5 nitrogen and oxygen atoms in total. The molecule has 128 valence electrons. The highest BCUT2D eigenvalue weighted by molar-refractivity contribution is 5.60. The summed E-state index contributed by atoms with van der Waals surface area (Å²) < 4.78 is 5.18. The summed E-state index contributed by atoms with van der Waals surface area (Å²) in [5.74, 6) is 2.34. The summed E-state index contributed by atoms with van der Waals surface area (Å²) in [7, 11) is 1.67. The van der Waals surface area contributed by atoms with Gasteiger partial charge in [0.15, 0.2) is 0 Å². The summed E-state index contributed by atoms with van der Waals surface area (Å²) in [6.07, 6.45) is 1.78. The fourth-order valence-corrected chi connectivity index (χ4v) is 2.59. The number of para-hydroxylation sites is 1. The highest BCUT2D eigenvalue weighted by Crippen LogP contribution is 2.23. The zero-order valence-corrected chi connectivity index (χ0v) is 14.5. The van der Waals surface area contributed by atoms with E-state index in [0.717, 1.165) is 29.4 Å². The SMILES string of the molecule is CCN(c1ccccc1)c1ccnc(NCc2ccc(OC)cc2)n1. The van der Waals surface area contributed by atoms with Gasteiger partial charge in [0, 0.05) is 25.0 Å². The van der Waals surface area contributed by atoms with Gasteiger partial charge >= 0.3 is 0 Å². The van der Waals surface area contributed by atoms with Gasteiger partial charge in [0.05, 0.1) is 7.11 Å². The Hall–Kier alpha value is -3.08. The third-order valence-corrected chi connectivity index (χ3v) is 3.91. The zero-order chi connectivity index (χ0) is 17.5. The van der Waals surface area contributed by atoms with Crippen LogP contribution < -0.4 is 15.0 Å². The van der Waals surface area contributed by atoms with E-state index in [1.807, 2.05) is 48.5 Å². The lowest BCUT2D eigenvalue weighted by molar-refractivity contribution is 0.414. The largest absolute Gasteiger partial charge is 0.497 e. The maximum Gasteiger partial charge on any atom is 0.224 e. The summed E-state index contributed by atoms with van der Waals surface area (Å²) in [5.41, 5.74) is 2.26. The molecule has 3 aromatic rings. The van der Waals surface area contributed by atoms with Gasteiger partial charge in [0.2, 0.25) is 5.95 Å². The lowest BCUT2D eigenvalue weighted by Crippen LogP contribution is -2.18. The fraction of sp³-hybridized carbons (Fsp3) is 0.200. The van der Waals surface area contributed by atoms with E-state index in [0.29, 0.717) is 12.5 Å².